The van der Waals surface area contributed by atoms with Gasteiger partial charge in [0.25, 0.3) is 0 Å². The lowest BCUT2D eigenvalue weighted by Gasteiger charge is -2.22. The molecule has 3 aromatic carbocycles. The van der Waals surface area contributed by atoms with E-state index in [4.69, 9.17) is 4.74 Å². The molecule has 7 heteroatoms. The number of benzene rings is 3. The van der Waals surface area contributed by atoms with Crippen molar-refractivity contribution in [2.45, 2.75) is 31.5 Å². The maximum absolute atomic E-state index is 13.2. The number of hydrogen-bond donors (Lipinski definition) is 2. The smallest absolute Gasteiger partial charge is 0.408 e. The van der Waals surface area contributed by atoms with Crippen LogP contribution in [0.3, 0.4) is 0 Å². The Morgan fingerprint density at radius 3 is 1.65 bits per heavy atom. The zero-order valence-corrected chi connectivity index (χ0v) is 18.7. The van der Waals surface area contributed by atoms with E-state index in [0.29, 0.717) is 0 Å². The number of hydrogen-bond acceptors (Lipinski definition) is 4. The first kappa shape index (κ1) is 24.6. The van der Waals surface area contributed by atoms with E-state index in [2.05, 4.69) is 10.6 Å². The molecule has 0 aliphatic rings. The van der Waals surface area contributed by atoms with E-state index in [1.54, 1.807) is 24.3 Å². The number of carbonyl (C=O) groups excluding carboxylic acids is 3. The first-order valence-corrected chi connectivity index (χ1v) is 11.0. The van der Waals surface area contributed by atoms with Gasteiger partial charge in [0.1, 0.15) is 19.3 Å². The molecule has 0 saturated carbocycles. The summed E-state index contributed by atoms with van der Waals surface area (Å²) < 4.78 is 18.5. The summed E-state index contributed by atoms with van der Waals surface area (Å²) in [5, 5.41) is 5.20. The third-order valence-corrected chi connectivity index (χ3v) is 5.22. The third-order valence-electron chi connectivity index (χ3n) is 5.22. The molecule has 2 amide bonds. The Bertz CT molecular complexity index is 1060. The number of rotatable bonds is 11. The third kappa shape index (κ3) is 7.85. The Morgan fingerprint density at radius 1 is 0.676 bits per heavy atom. The molecule has 0 aromatic heterocycles. The van der Waals surface area contributed by atoms with E-state index < -0.39 is 36.5 Å². The second-order valence-electron chi connectivity index (χ2n) is 7.80. The molecule has 2 N–H and O–H groups in total. The average Bonchev–Trinajstić information content (AvgIpc) is 2.88. The van der Waals surface area contributed by atoms with Gasteiger partial charge in [-0.2, -0.15) is 0 Å². The molecule has 1 unspecified atom stereocenters. The molecule has 0 bridgehead atoms. The van der Waals surface area contributed by atoms with Crippen molar-refractivity contribution in [1.29, 1.82) is 0 Å². The molecule has 34 heavy (non-hydrogen) atoms. The van der Waals surface area contributed by atoms with Gasteiger partial charge in [-0.05, 0) is 23.1 Å². The topological polar surface area (TPSA) is 84.5 Å². The highest BCUT2D eigenvalue weighted by molar-refractivity contribution is 5.93. The van der Waals surface area contributed by atoms with Crippen LogP contribution in [-0.4, -0.2) is 36.5 Å². The lowest BCUT2D eigenvalue weighted by atomic mass is 10.0. The van der Waals surface area contributed by atoms with Crippen LogP contribution in [0.15, 0.2) is 91.0 Å². The fourth-order valence-corrected chi connectivity index (χ4v) is 3.43. The molecule has 0 heterocycles. The minimum absolute atomic E-state index is 0.0450. The lowest BCUT2D eigenvalue weighted by molar-refractivity contribution is -0.129. The summed E-state index contributed by atoms with van der Waals surface area (Å²) in [5.74, 6) is -1.33. The number of Topliss-reactive ketones (excluding diaryl/α,β-unsaturated/α-hetero) is 1. The number of ether oxygens (including phenoxy) is 1. The highest BCUT2D eigenvalue weighted by Gasteiger charge is 2.27. The maximum atomic E-state index is 13.2. The van der Waals surface area contributed by atoms with Gasteiger partial charge in [0, 0.05) is 6.42 Å². The largest absolute Gasteiger partial charge is 0.445 e. The quantitative estimate of drug-likeness (QED) is 0.454. The molecule has 0 spiro atoms. The number of halogens is 1. The standard InChI is InChI=1S/C27H27FN2O4/c28-18-25(31)23(16-20-10-4-1-5-11-20)29-26(32)24(17-21-12-6-2-7-13-21)30-27(33)34-19-22-14-8-3-9-15-22/h1-15,23-24H,16-19H2,(H,29,32)(H,30,33)/t23-,24?/m0/s1. The second-order valence-corrected chi connectivity index (χ2v) is 7.80. The van der Waals surface area contributed by atoms with Gasteiger partial charge in [-0.25, -0.2) is 9.18 Å². The van der Waals surface area contributed by atoms with Crippen LogP contribution in [-0.2, 0) is 33.8 Å². The van der Waals surface area contributed by atoms with Crippen LogP contribution in [0.25, 0.3) is 0 Å². The highest BCUT2D eigenvalue weighted by Crippen LogP contribution is 2.08. The zero-order valence-electron chi connectivity index (χ0n) is 18.7. The van der Waals surface area contributed by atoms with Gasteiger partial charge in [0.15, 0.2) is 5.78 Å². The monoisotopic (exact) mass is 462 g/mol. The lowest BCUT2D eigenvalue weighted by Crippen LogP contribution is -2.53. The Balaban J connectivity index is 1.70. The maximum Gasteiger partial charge on any atom is 0.408 e. The van der Waals surface area contributed by atoms with Crippen molar-refractivity contribution in [3.05, 3.63) is 108 Å². The molecular formula is C27H27FN2O4. The number of alkyl carbamates (subject to hydrolysis) is 1. The van der Waals surface area contributed by atoms with Crippen molar-refractivity contribution in [1.82, 2.24) is 10.6 Å². The number of amides is 2. The van der Waals surface area contributed by atoms with E-state index in [9.17, 15) is 18.8 Å². The highest BCUT2D eigenvalue weighted by atomic mass is 19.1. The molecule has 0 aliphatic carbocycles. The van der Waals surface area contributed by atoms with Gasteiger partial charge >= 0.3 is 6.09 Å². The van der Waals surface area contributed by atoms with Gasteiger partial charge < -0.3 is 15.4 Å². The minimum Gasteiger partial charge on any atom is -0.445 e. The fraction of sp³-hybridized carbons (Fsp3) is 0.222. The van der Waals surface area contributed by atoms with Crippen LogP contribution in [0, 0.1) is 0 Å². The van der Waals surface area contributed by atoms with Gasteiger partial charge in [0.05, 0.1) is 6.04 Å². The van der Waals surface area contributed by atoms with E-state index in [-0.39, 0.29) is 19.4 Å². The number of alkyl halides is 1. The predicted molar refractivity (Wildman–Crippen MR) is 127 cm³/mol. The fourth-order valence-electron chi connectivity index (χ4n) is 3.43. The molecule has 0 aliphatic heterocycles. The van der Waals surface area contributed by atoms with Crippen molar-refractivity contribution in [3.63, 3.8) is 0 Å². The minimum atomic E-state index is -1.20. The molecule has 3 rings (SSSR count). The molecule has 3 aromatic rings. The zero-order chi connectivity index (χ0) is 24.2. The van der Waals surface area contributed by atoms with E-state index in [0.717, 1.165) is 16.7 Å². The van der Waals surface area contributed by atoms with E-state index in [1.807, 2.05) is 66.7 Å². The van der Waals surface area contributed by atoms with Crippen LogP contribution < -0.4 is 10.6 Å². The van der Waals surface area contributed by atoms with Crippen LogP contribution in [0.1, 0.15) is 16.7 Å². The molecule has 2 atom stereocenters. The van der Waals surface area contributed by atoms with Crippen LogP contribution in [0.4, 0.5) is 9.18 Å². The summed E-state index contributed by atoms with van der Waals surface area (Å²) in [4.78, 5) is 37.8. The normalized spacial score (nSPS) is 12.3. The summed E-state index contributed by atoms with van der Waals surface area (Å²) in [5.41, 5.74) is 2.39. The van der Waals surface area contributed by atoms with Crippen molar-refractivity contribution >= 4 is 17.8 Å². The second kappa shape index (κ2) is 12.9. The molecular weight excluding hydrogens is 435 g/mol. The Hall–Kier alpha value is -4.00. The van der Waals surface area contributed by atoms with Crippen LogP contribution in [0.2, 0.25) is 0 Å². The average molecular weight is 463 g/mol. The van der Waals surface area contributed by atoms with E-state index >= 15 is 0 Å². The molecule has 176 valence electrons. The Morgan fingerprint density at radius 2 is 1.15 bits per heavy atom. The van der Waals surface area contributed by atoms with Crippen molar-refractivity contribution in [3.8, 4) is 0 Å². The van der Waals surface area contributed by atoms with Crippen molar-refractivity contribution in [2.75, 3.05) is 6.67 Å². The van der Waals surface area contributed by atoms with Crippen molar-refractivity contribution in [2.24, 2.45) is 0 Å². The summed E-state index contributed by atoms with van der Waals surface area (Å²) in [6, 6.07) is 25.2. The summed E-state index contributed by atoms with van der Waals surface area (Å²) >= 11 is 0. The van der Waals surface area contributed by atoms with Crippen molar-refractivity contribution < 1.29 is 23.5 Å². The SMILES string of the molecule is O=C(NC(Cc1ccccc1)C(=O)N[C@@H](Cc1ccccc1)C(=O)CF)OCc1ccccc1. The van der Waals surface area contributed by atoms with Crippen LogP contribution in [0.5, 0.6) is 0 Å². The molecule has 0 fully saturated rings. The van der Waals surface area contributed by atoms with E-state index in [1.165, 1.54) is 0 Å². The molecule has 6 nitrogen and oxygen atoms in total. The van der Waals surface area contributed by atoms with Crippen LogP contribution >= 0.6 is 0 Å². The number of ketones is 1. The Kier molecular flexibility index (Phi) is 9.34. The number of carbonyl (C=O) groups is 3. The van der Waals surface area contributed by atoms with Gasteiger partial charge in [-0.1, -0.05) is 91.0 Å². The summed E-state index contributed by atoms with van der Waals surface area (Å²) in [6.45, 7) is -1.16. The summed E-state index contributed by atoms with van der Waals surface area (Å²) in [7, 11) is 0. The molecule has 0 radical (unpaired) electrons. The van der Waals surface area contributed by atoms with Gasteiger partial charge in [-0.15, -0.1) is 0 Å². The van der Waals surface area contributed by atoms with Gasteiger partial charge in [-0.3, -0.25) is 9.59 Å². The predicted octanol–water partition coefficient (Wildman–Crippen LogP) is 3.79. The summed E-state index contributed by atoms with van der Waals surface area (Å²) in [6.07, 6.45) is -0.447. The number of nitrogens with one attached hydrogen (secondary N) is 2. The van der Waals surface area contributed by atoms with Gasteiger partial charge in [0.2, 0.25) is 5.91 Å². The first-order valence-electron chi connectivity index (χ1n) is 11.0. The first-order chi connectivity index (χ1) is 16.5. The Labute approximate surface area is 198 Å². The molecule has 0 saturated heterocycles.